The Kier molecular flexibility index (Phi) is 7.06. The summed E-state index contributed by atoms with van der Waals surface area (Å²) in [7, 11) is 0. The molecule has 0 saturated carbocycles. The third kappa shape index (κ3) is 4.77. The van der Waals surface area contributed by atoms with Crippen molar-refractivity contribution >= 4 is 24.0 Å². The molecule has 0 fully saturated rings. The number of hydrogen-bond acceptors (Lipinski definition) is 3. The molecule has 5 heteroatoms. The lowest BCUT2D eigenvalue weighted by Gasteiger charge is -2.25. The van der Waals surface area contributed by atoms with Gasteiger partial charge in [0.15, 0.2) is 0 Å². The van der Waals surface area contributed by atoms with Crippen LogP contribution in [0, 0.1) is 12.8 Å². The number of rotatable bonds is 4. The summed E-state index contributed by atoms with van der Waals surface area (Å²) < 4.78 is 5.75. The molecule has 0 spiro atoms. The molecule has 3 rings (SSSR count). The Morgan fingerprint density at radius 2 is 1.92 bits per heavy atom. The van der Waals surface area contributed by atoms with Gasteiger partial charge in [0.05, 0.1) is 6.54 Å². The zero-order chi connectivity index (χ0) is 17.8. The molecule has 26 heavy (non-hydrogen) atoms. The molecular formula is C21H27ClN2O2. The summed E-state index contributed by atoms with van der Waals surface area (Å²) in [4.78, 5) is 14.6. The molecule has 1 aliphatic rings. The highest BCUT2D eigenvalue weighted by Crippen LogP contribution is 2.25. The van der Waals surface area contributed by atoms with Gasteiger partial charge in [0, 0.05) is 30.3 Å². The van der Waals surface area contributed by atoms with Gasteiger partial charge in [0.25, 0.3) is 0 Å². The van der Waals surface area contributed by atoms with E-state index in [-0.39, 0.29) is 24.2 Å². The number of carbonyl (C=O) groups excluding carboxylic acids is 1. The minimum atomic E-state index is -0.0490. The molecule has 4 nitrogen and oxygen atoms in total. The van der Waals surface area contributed by atoms with E-state index < -0.39 is 0 Å². The topological polar surface area (TPSA) is 41.6 Å². The number of carbonyl (C=O) groups is 1. The third-order valence-corrected chi connectivity index (χ3v) is 4.42. The molecule has 0 atom stereocenters. The standard InChI is InChI=1S/C21H26N2O2.ClH/c1-15(2)21(24)23(19-7-4-16(3)5-8-19)14-17-6-9-20-18(12-17)13-22-10-11-25-20;/h4-9,12,15,22H,10-11,13-14H2,1-3H3;1H. The Morgan fingerprint density at radius 3 is 2.62 bits per heavy atom. The quantitative estimate of drug-likeness (QED) is 0.876. The van der Waals surface area contributed by atoms with Crippen LogP contribution >= 0.6 is 12.4 Å². The van der Waals surface area contributed by atoms with Crippen LogP contribution in [0.4, 0.5) is 5.69 Å². The van der Waals surface area contributed by atoms with Crippen molar-refractivity contribution in [3.63, 3.8) is 0 Å². The molecule has 0 bridgehead atoms. The molecule has 0 saturated heterocycles. The van der Waals surface area contributed by atoms with E-state index in [1.54, 1.807) is 0 Å². The van der Waals surface area contributed by atoms with Crippen molar-refractivity contribution < 1.29 is 9.53 Å². The Bertz CT molecular complexity index is 744. The maximum Gasteiger partial charge on any atom is 0.229 e. The average Bonchev–Trinajstić information content (AvgIpc) is 2.85. The lowest BCUT2D eigenvalue weighted by Crippen LogP contribution is -2.33. The van der Waals surface area contributed by atoms with Crippen LogP contribution in [0.15, 0.2) is 42.5 Å². The fourth-order valence-corrected chi connectivity index (χ4v) is 2.98. The number of amides is 1. The van der Waals surface area contributed by atoms with Crippen LogP contribution in [-0.2, 0) is 17.9 Å². The Morgan fingerprint density at radius 1 is 1.19 bits per heavy atom. The Balaban J connectivity index is 0.00000243. The molecule has 0 radical (unpaired) electrons. The normalized spacial score (nSPS) is 13.2. The van der Waals surface area contributed by atoms with E-state index in [0.717, 1.165) is 35.7 Å². The van der Waals surface area contributed by atoms with Gasteiger partial charge in [-0.1, -0.05) is 37.6 Å². The average molecular weight is 375 g/mol. The molecule has 2 aromatic carbocycles. The molecule has 0 unspecified atom stereocenters. The number of hydrogen-bond donors (Lipinski definition) is 1. The van der Waals surface area contributed by atoms with Crippen molar-refractivity contribution in [3.8, 4) is 5.75 Å². The number of nitrogens with one attached hydrogen (secondary N) is 1. The summed E-state index contributed by atoms with van der Waals surface area (Å²) in [5, 5.41) is 3.36. The van der Waals surface area contributed by atoms with Gasteiger partial charge >= 0.3 is 0 Å². The number of anilines is 1. The summed E-state index contributed by atoms with van der Waals surface area (Å²) in [5.74, 6) is 1.02. The predicted octanol–water partition coefficient (Wildman–Crippen LogP) is 4.09. The van der Waals surface area contributed by atoms with Crippen molar-refractivity contribution in [3.05, 3.63) is 59.2 Å². The van der Waals surface area contributed by atoms with Crippen molar-refractivity contribution in [2.45, 2.75) is 33.9 Å². The smallest absolute Gasteiger partial charge is 0.229 e. The number of aryl methyl sites for hydroxylation is 1. The second-order valence-electron chi connectivity index (χ2n) is 6.88. The maximum atomic E-state index is 12.8. The van der Waals surface area contributed by atoms with Crippen LogP contribution in [0.1, 0.15) is 30.5 Å². The predicted molar refractivity (Wildman–Crippen MR) is 108 cm³/mol. The summed E-state index contributed by atoms with van der Waals surface area (Å²) in [6.45, 7) is 8.84. The van der Waals surface area contributed by atoms with E-state index >= 15 is 0 Å². The van der Waals surface area contributed by atoms with Gasteiger partial charge in [0.2, 0.25) is 5.91 Å². The number of fused-ring (bicyclic) bond motifs is 1. The van der Waals surface area contributed by atoms with Crippen molar-refractivity contribution in [2.75, 3.05) is 18.1 Å². The highest BCUT2D eigenvalue weighted by atomic mass is 35.5. The van der Waals surface area contributed by atoms with Crippen LogP contribution in [0.5, 0.6) is 5.75 Å². The van der Waals surface area contributed by atoms with Crippen LogP contribution in [0.3, 0.4) is 0 Å². The highest BCUT2D eigenvalue weighted by molar-refractivity contribution is 5.94. The number of nitrogens with zero attached hydrogens (tertiary/aromatic N) is 1. The first-order valence-corrected chi connectivity index (χ1v) is 8.88. The first kappa shape index (κ1) is 20.3. The Hall–Kier alpha value is -2.04. The fraction of sp³-hybridized carbons (Fsp3) is 0.381. The summed E-state index contributed by atoms with van der Waals surface area (Å²) in [5.41, 5.74) is 4.39. The van der Waals surface area contributed by atoms with E-state index in [4.69, 9.17) is 4.74 Å². The van der Waals surface area contributed by atoms with Gasteiger partial charge in [0.1, 0.15) is 12.4 Å². The third-order valence-electron chi connectivity index (χ3n) is 4.42. The van der Waals surface area contributed by atoms with Crippen molar-refractivity contribution in [2.24, 2.45) is 5.92 Å². The number of halogens is 1. The van der Waals surface area contributed by atoms with E-state index in [0.29, 0.717) is 13.2 Å². The number of ether oxygens (including phenoxy) is 1. The van der Waals surface area contributed by atoms with E-state index in [1.165, 1.54) is 5.56 Å². The molecule has 1 amide bonds. The van der Waals surface area contributed by atoms with Gasteiger partial charge in [-0.25, -0.2) is 0 Å². The monoisotopic (exact) mass is 374 g/mol. The van der Waals surface area contributed by atoms with E-state index in [1.807, 2.05) is 49.1 Å². The van der Waals surface area contributed by atoms with Crippen molar-refractivity contribution in [1.29, 1.82) is 0 Å². The van der Waals surface area contributed by atoms with E-state index in [9.17, 15) is 4.79 Å². The lowest BCUT2D eigenvalue weighted by atomic mass is 10.1. The van der Waals surface area contributed by atoms with Crippen LogP contribution in [-0.4, -0.2) is 19.1 Å². The zero-order valence-electron chi connectivity index (χ0n) is 15.6. The molecule has 0 aliphatic carbocycles. The molecule has 1 heterocycles. The van der Waals surface area contributed by atoms with Crippen molar-refractivity contribution in [1.82, 2.24) is 5.32 Å². The Labute approximate surface area is 162 Å². The minimum absolute atomic E-state index is 0. The number of benzene rings is 2. The SMILES string of the molecule is Cc1ccc(N(Cc2ccc3c(c2)CNCCO3)C(=O)C(C)C)cc1.Cl. The van der Waals surface area contributed by atoms with Gasteiger partial charge in [-0.05, 0) is 36.8 Å². The van der Waals surface area contributed by atoms with Gasteiger partial charge in [-0.3, -0.25) is 4.79 Å². The molecule has 140 valence electrons. The van der Waals surface area contributed by atoms with Gasteiger partial charge in [-0.2, -0.15) is 0 Å². The molecular weight excluding hydrogens is 348 g/mol. The van der Waals surface area contributed by atoms with Gasteiger partial charge in [-0.15, -0.1) is 12.4 Å². The maximum absolute atomic E-state index is 12.8. The summed E-state index contributed by atoms with van der Waals surface area (Å²) in [6.07, 6.45) is 0. The molecule has 2 aromatic rings. The first-order valence-electron chi connectivity index (χ1n) is 8.88. The minimum Gasteiger partial charge on any atom is -0.492 e. The first-order chi connectivity index (χ1) is 12.0. The van der Waals surface area contributed by atoms with Crippen LogP contribution < -0.4 is 15.0 Å². The molecule has 1 aliphatic heterocycles. The molecule has 0 aromatic heterocycles. The van der Waals surface area contributed by atoms with E-state index in [2.05, 4.69) is 24.4 Å². The summed E-state index contributed by atoms with van der Waals surface area (Å²) in [6, 6.07) is 14.3. The largest absolute Gasteiger partial charge is 0.492 e. The highest BCUT2D eigenvalue weighted by Gasteiger charge is 2.20. The second-order valence-corrected chi connectivity index (χ2v) is 6.88. The van der Waals surface area contributed by atoms with Gasteiger partial charge < -0.3 is 15.0 Å². The zero-order valence-corrected chi connectivity index (χ0v) is 16.4. The lowest BCUT2D eigenvalue weighted by molar-refractivity contribution is -0.121. The summed E-state index contributed by atoms with van der Waals surface area (Å²) >= 11 is 0. The molecule has 1 N–H and O–H groups in total. The fourth-order valence-electron chi connectivity index (χ4n) is 2.98. The van der Waals surface area contributed by atoms with Crippen LogP contribution in [0.25, 0.3) is 0 Å². The second kappa shape index (κ2) is 9.06. The van der Waals surface area contributed by atoms with Crippen LogP contribution in [0.2, 0.25) is 0 Å².